The molecule has 1 aromatic carbocycles. The van der Waals surface area contributed by atoms with Crippen LogP contribution in [0.5, 0.6) is 5.75 Å². The van der Waals surface area contributed by atoms with Crippen molar-refractivity contribution < 1.29 is 19.1 Å². The van der Waals surface area contributed by atoms with Crippen LogP contribution in [-0.2, 0) is 9.53 Å². The zero-order chi connectivity index (χ0) is 16.4. The summed E-state index contributed by atoms with van der Waals surface area (Å²) in [5.74, 6) is -0.0166. The molecule has 0 aliphatic heterocycles. The van der Waals surface area contributed by atoms with Crippen LogP contribution in [0.3, 0.4) is 0 Å². The third-order valence-corrected chi connectivity index (χ3v) is 2.78. The number of hydrogen-bond donors (Lipinski definition) is 3. The second kappa shape index (κ2) is 9.69. The minimum Gasteiger partial charge on any atom is -0.497 e. The maximum absolute atomic E-state index is 11.9. The zero-order valence-electron chi connectivity index (χ0n) is 12.5. The molecule has 0 unspecified atom stereocenters. The van der Waals surface area contributed by atoms with E-state index in [4.69, 9.17) is 21.7 Å². The summed E-state index contributed by atoms with van der Waals surface area (Å²) in [5, 5.41) is 2.46. The molecule has 7 nitrogen and oxygen atoms in total. The summed E-state index contributed by atoms with van der Waals surface area (Å²) in [7, 11) is 1.54. The predicted molar refractivity (Wildman–Crippen MR) is 85.4 cm³/mol. The van der Waals surface area contributed by atoms with Gasteiger partial charge in [-0.15, -0.1) is 0 Å². The molecule has 0 heterocycles. The Labute approximate surface area is 134 Å². The van der Waals surface area contributed by atoms with Crippen LogP contribution >= 0.6 is 12.2 Å². The van der Waals surface area contributed by atoms with Gasteiger partial charge in [-0.05, 0) is 43.4 Å². The fourth-order valence-electron chi connectivity index (χ4n) is 1.45. The van der Waals surface area contributed by atoms with Gasteiger partial charge in [-0.2, -0.15) is 0 Å². The van der Waals surface area contributed by atoms with Crippen LogP contribution in [0.4, 0.5) is 0 Å². The predicted octanol–water partition coefficient (Wildman–Crippen LogP) is 0.757. The molecular formula is C14H19N3O4S. The Hall–Kier alpha value is -2.19. The van der Waals surface area contributed by atoms with Crippen LogP contribution < -0.4 is 20.9 Å². The number of amides is 2. The van der Waals surface area contributed by atoms with Gasteiger partial charge in [-0.1, -0.05) is 0 Å². The molecule has 0 atom stereocenters. The lowest BCUT2D eigenvalue weighted by Gasteiger charge is -2.11. The standard InChI is InChI=1S/C14H19N3O4S/c1-3-21-9-8-12(18)16-17-14(22)15-13(19)10-4-6-11(20-2)7-5-10/h4-7H,3,8-9H2,1-2H3,(H,16,18)(H2,15,17,19,22). The molecule has 0 spiro atoms. The van der Waals surface area contributed by atoms with Gasteiger partial charge in [0.1, 0.15) is 5.75 Å². The van der Waals surface area contributed by atoms with Crippen LogP contribution in [0.1, 0.15) is 23.7 Å². The van der Waals surface area contributed by atoms with Crippen molar-refractivity contribution in [2.75, 3.05) is 20.3 Å². The minimum atomic E-state index is -0.385. The van der Waals surface area contributed by atoms with E-state index in [2.05, 4.69) is 16.2 Å². The molecule has 0 aromatic heterocycles. The van der Waals surface area contributed by atoms with E-state index < -0.39 is 0 Å². The molecule has 1 rings (SSSR count). The van der Waals surface area contributed by atoms with Crippen molar-refractivity contribution in [1.82, 2.24) is 16.2 Å². The van der Waals surface area contributed by atoms with Gasteiger partial charge in [0.25, 0.3) is 5.91 Å². The molecule has 0 radical (unpaired) electrons. The summed E-state index contributed by atoms with van der Waals surface area (Å²) in [6.07, 6.45) is 0.204. The molecule has 0 saturated carbocycles. The number of hydrazine groups is 1. The Bertz CT molecular complexity index is 519. The second-order valence-electron chi connectivity index (χ2n) is 4.13. The Morgan fingerprint density at radius 1 is 1.18 bits per heavy atom. The van der Waals surface area contributed by atoms with Gasteiger partial charge >= 0.3 is 0 Å². The SMILES string of the molecule is CCOCCC(=O)NNC(=S)NC(=O)c1ccc(OC)cc1. The van der Waals surface area contributed by atoms with Crippen molar-refractivity contribution in [3.8, 4) is 5.75 Å². The first-order valence-electron chi connectivity index (χ1n) is 6.68. The van der Waals surface area contributed by atoms with Gasteiger partial charge in [0, 0.05) is 12.2 Å². The summed E-state index contributed by atoms with van der Waals surface area (Å²) in [4.78, 5) is 23.3. The third-order valence-electron chi connectivity index (χ3n) is 2.57. The van der Waals surface area contributed by atoms with Gasteiger partial charge in [-0.3, -0.25) is 25.8 Å². The number of benzene rings is 1. The highest BCUT2D eigenvalue weighted by Crippen LogP contribution is 2.10. The molecule has 120 valence electrons. The fourth-order valence-corrected chi connectivity index (χ4v) is 1.59. The van der Waals surface area contributed by atoms with Gasteiger partial charge in [0.2, 0.25) is 5.91 Å². The topological polar surface area (TPSA) is 88.7 Å². The lowest BCUT2D eigenvalue weighted by Crippen LogP contribution is -2.48. The highest BCUT2D eigenvalue weighted by atomic mass is 32.1. The van der Waals surface area contributed by atoms with Gasteiger partial charge < -0.3 is 9.47 Å². The number of thiocarbonyl (C=S) groups is 1. The van der Waals surface area contributed by atoms with Crippen LogP contribution in [-0.4, -0.2) is 37.3 Å². The van der Waals surface area contributed by atoms with E-state index in [0.717, 1.165) is 0 Å². The van der Waals surface area contributed by atoms with Crippen LogP contribution in [0.25, 0.3) is 0 Å². The number of carbonyl (C=O) groups excluding carboxylic acids is 2. The largest absolute Gasteiger partial charge is 0.497 e. The summed E-state index contributed by atoms with van der Waals surface area (Å²) >= 11 is 4.92. The fraction of sp³-hybridized carbons (Fsp3) is 0.357. The van der Waals surface area contributed by atoms with E-state index in [9.17, 15) is 9.59 Å². The number of ether oxygens (including phenoxy) is 2. The Morgan fingerprint density at radius 2 is 1.86 bits per heavy atom. The first-order chi connectivity index (χ1) is 10.6. The number of hydrogen-bond acceptors (Lipinski definition) is 5. The van der Waals surface area contributed by atoms with E-state index in [0.29, 0.717) is 24.5 Å². The van der Waals surface area contributed by atoms with E-state index >= 15 is 0 Å². The minimum absolute atomic E-state index is 0.00516. The first kappa shape index (κ1) is 17.9. The molecule has 8 heteroatoms. The van der Waals surface area contributed by atoms with E-state index in [1.54, 1.807) is 31.4 Å². The van der Waals surface area contributed by atoms with Gasteiger partial charge in [0.05, 0.1) is 20.1 Å². The maximum Gasteiger partial charge on any atom is 0.257 e. The van der Waals surface area contributed by atoms with Crippen molar-refractivity contribution >= 4 is 29.1 Å². The molecule has 22 heavy (non-hydrogen) atoms. The summed E-state index contributed by atoms with van der Waals surface area (Å²) in [5.41, 5.74) is 5.25. The van der Waals surface area contributed by atoms with E-state index in [1.165, 1.54) is 0 Å². The zero-order valence-corrected chi connectivity index (χ0v) is 13.3. The molecule has 0 aliphatic rings. The Morgan fingerprint density at radius 3 is 2.45 bits per heavy atom. The molecule has 0 bridgehead atoms. The molecule has 1 aromatic rings. The lowest BCUT2D eigenvalue weighted by atomic mass is 10.2. The van der Waals surface area contributed by atoms with Crippen LogP contribution in [0.2, 0.25) is 0 Å². The molecule has 0 fully saturated rings. The highest BCUT2D eigenvalue weighted by Gasteiger charge is 2.08. The third kappa shape index (κ3) is 6.51. The second-order valence-corrected chi connectivity index (χ2v) is 4.54. The molecule has 0 saturated heterocycles. The Balaban J connectivity index is 2.34. The summed E-state index contributed by atoms with van der Waals surface area (Å²) in [6, 6.07) is 6.55. The molecule has 2 amide bonds. The van der Waals surface area contributed by atoms with Gasteiger partial charge in [-0.25, -0.2) is 0 Å². The number of methoxy groups -OCH3 is 1. The summed E-state index contributed by atoms with van der Waals surface area (Å²) in [6.45, 7) is 2.73. The molecule has 3 N–H and O–H groups in total. The number of nitrogens with one attached hydrogen (secondary N) is 3. The molecule has 0 aliphatic carbocycles. The average Bonchev–Trinajstić information content (AvgIpc) is 2.53. The van der Waals surface area contributed by atoms with Crippen molar-refractivity contribution in [2.45, 2.75) is 13.3 Å². The van der Waals surface area contributed by atoms with Crippen molar-refractivity contribution in [3.05, 3.63) is 29.8 Å². The maximum atomic E-state index is 11.9. The van der Waals surface area contributed by atoms with E-state index in [-0.39, 0.29) is 23.3 Å². The van der Waals surface area contributed by atoms with Crippen LogP contribution in [0.15, 0.2) is 24.3 Å². The monoisotopic (exact) mass is 325 g/mol. The molecular weight excluding hydrogens is 306 g/mol. The first-order valence-corrected chi connectivity index (χ1v) is 7.09. The number of carbonyl (C=O) groups is 2. The van der Waals surface area contributed by atoms with Crippen LogP contribution in [0, 0.1) is 0 Å². The van der Waals surface area contributed by atoms with Crippen molar-refractivity contribution in [1.29, 1.82) is 0 Å². The van der Waals surface area contributed by atoms with Crippen molar-refractivity contribution in [3.63, 3.8) is 0 Å². The van der Waals surface area contributed by atoms with Gasteiger partial charge in [0.15, 0.2) is 5.11 Å². The Kier molecular flexibility index (Phi) is 7.87. The highest BCUT2D eigenvalue weighted by molar-refractivity contribution is 7.80. The average molecular weight is 325 g/mol. The number of rotatable bonds is 6. The lowest BCUT2D eigenvalue weighted by molar-refractivity contribution is -0.122. The van der Waals surface area contributed by atoms with Crippen molar-refractivity contribution in [2.24, 2.45) is 0 Å². The van der Waals surface area contributed by atoms with E-state index in [1.807, 2.05) is 6.92 Å². The summed E-state index contributed by atoms with van der Waals surface area (Å²) < 4.78 is 10.1. The smallest absolute Gasteiger partial charge is 0.257 e. The quantitative estimate of drug-likeness (QED) is 0.406. The normalized spacial score (nSPS) is 9.73.